The van der Waals surface area contributed by atoms with Crippen molar-refractivity contribution in [2.75, 3.05) is 5.32 Å². The molecule has 0 saturated heterocycles. The Hall–Kier alpha value is -3.18. The van der Waals surface area contributed by atoms with Crippen LogP contribution in [0.15, 0.2) is 76.1 Å². The summed E-state index contributed by atoms with van der Waals surface area (Å²) in [5, 5.41) is 4.00. The standard InChI is InChI=1S/C21H15NO3S/c1-13-8-10-14(11-9-13)18-19(23)15-5-2-3-7-17(15)26-21(18)22-20(24)16-6-4-12-25-16/h2-12H,1H3,(H,22,24). The largest absolute Gasteiger partial charge is 0.459 e. The smallest absolute Gasteiger partial charge is 0.291 e. The van der Waals surface area contributed by atoms with Gasteiger partial charge in [0.2, 0.25) is 0 Å². The van der Waals surface area contributed by atoms with Crippen molar-refractivity contribution >= 4 is 32.3 Å². The van der Waals surface area contributed by atoms with E-state index in [0.717, 1.165) is 15.8 Å². The molecule has 0 aliphatic rings. The lowest BCUT2D eigenvalue weighted by molar-refractivity contribution is 0.0997. The van der Waals surface area contributed by atoms with Crippen molar-refractivity contribution in [3.05, 3.63) is 88.5 Å². The van der Waals surface area contributed by atoms with Crippen LogP contribution in [-0.4, -0.2) is 5.91 Å². The fourth-order valence-corrected chi connectivity index (χ4v) is 3.88. The molecule has 1 amide bonds. The number of rotatable bonds is 3. The van der Waals surface area contributed by atoms with Crippen molar-refractivity contribution in [3.63, 3.8) is 0 Å². The zero-order valence-electron chi connectivity index (χ0n) is 14.0. The Kier molecular flexibility index (Phi) is 4.14. The number of hydrogen-bond donors (Lipinski definition) is 1. The minimum absolute atomic E-state index is 0.0991. The first kappa shape index (κ1) is 16.3. The first-order chi connectivity index (χ1) is 12.6. The van der Waals surface area contributed by atoms with Gasteiger partial charge in [0.1, 0.15) is 5.00 Å². The molecule has 0 aliphatic heterocycles. The highest BCUT2D eigenvalue weighted by Gasteiger charge is 2.18. The lowest BCUT2D eigenvalue weighted by Crippen LogP contribution is -2.15. The number of benzene rings is 2. The summed E-state index contributed by atoms with van der Waals surface area (Å²) in [4.78, 5) is 25.6. The molecule has 4 aromatic rings. The van der Waals surface area contributed by atoms with Gasteiger partial charge in [0.05, 0.1) is 11.8 Å². The van der Waals surface area contributed by atoms with Crippen LogP contribution in [0.25, 0.3) is 21.2 Å². The molecule has 1 N–H and O–H groups in total. The number of anilines is 1. The van der Waals surface area contributed by atoms with E-state index < -0.39 is 0 Å². The summed E-state index contributed by atoms with van der Waals surface area (Å²) in [5.41, 5.74) is 2.27. The van der Waals surface area contributed by atoms with E-state index in [9.17, 15) is 9.59 Å². The maximum absolute atomic E-state index is 13.1. The average molecular weight is 361 g/mol. The Balaban J connectivity index is 1.92. The molecule has 0 saturated carbocycles. The molecule has 0 unspecified atom stereocenters. The third kappa shape index (κ3) is 2.93. The molecule has 0 bridgehead atoms. The fraction of sp³-hybridized carbons (Fsp3) is 0.0476. The minimum atomic E-state index is -0.380. The molecular weight excluding hydrogens is 346 g/mol. The molecule has 5 heteroatoms. The highest BCUT2D eigenvalue weighted by atomic mass is 32.1. The van der Waals surface area contributed by atoms with Crippen LogP contribution in [0.1, 0.15) is 16.1 Å². The molecular formula is C21H15NO3S. The van der Waals surface area contributed by atoms with Gasteiger partial charge in [-0.3, -0.25) is 9.59 Å². The summed E-state index contributed by atoms with van der Waals surface area (Å²) in [6, 6.07) is 18.3. The van der Waals surface area contributed by atoms with Crippen molar-refractivity contribution < 1.29 is 9.21 Å². The molecule has 2 aromatic heterocycles. The maximum atomic E-state index is 13.1. The molecule has 2 aromatic carbocycles. The number of hydrogen-bond acceptors (Lipinski definition) is 4. The summed E-state index contributed by atoms with van der Waals surface area (Å²) < 4.78 is 5.98. The van der Waals surface area contributed by atoms with Crippen LogP contribution in [0.4, 0.5) is 5.00 Å². The zero-order chi connectivity index (χ0) is 18.1. The lowest BCUT2D eigenvalue weighted by Gasteiger charge is -2.11. The van der Waals surface area contributed by atoms with Gasteiger partial charge in [0, 0.05) is 10.1 Å². The highest BCUT2D eigenvalue weighted by molar-refractivity contribution is 7.22. The number of carbonyl (C=O) groups is 1. The van der Waals surface area contributed by atoms with Crippen LogP contribution in [0.3, 0.4) is 0 Å². The van der Waals surface area contributed by atoms with Crippen LogP contribution in [0.5, 0.6) is 0 Å². The van der Waals surface area contributed by atoms with Crippen molar-refractivity contribution in [2.45, 2.75) is 6.92 Å². The summed E-state index contributed by atoms with van der Waals surface area (Å²) in [5.74, 6) is -0.179. The van der Waals surface area contributed by atoms with Gasteiger partial charge in [-0.05, 0) is 36.8 Å². The van der Waals surface area contributed by atoms with Crippen LogP contribution < -0.4 is 10.7 Å². The van der Waals surface area contributed by atoms with Gasteiger partial charge in [-0.15, -0.1) is 11.3 Å². The van der Waals surface area contributed by atoms with Crippen molar-refractivity contribution in [1.29, 1.82) is 0 Å². The number of nitrogens with one attached hydrogen (secondary N) is 1. The molecule has 4 nitrogen and oxygen atoms in total. The van der Waals surface area contributed by atoms with Gasteiger partial charge in [-0.25, -0.2) is 0 Å². The van der Waals surface area contributed by atoms with E-state index in [1.807, 2.05) is 55.5 Å². The molecule has 0 atom stereocenters. The highest BCUT2D eigenvalue weighted by Crippen LogP contribution is 2.33. The van der Waals surface area contributed by atoms with E-state index >= 15 is 0 Å². The number of fused-ring (bicyclic) bond motifs is 1. The number of carbonyl (C=O) groups excluding carboxylic acids is 1. The predicted molar refractivity (Wildman–Crippen MR) is 105 cm³/mol. The van der Waals surface area contributed by atoms with Crippen molar-refractivity contribution in [3.8, 4) is 11.1 Å². The lowest BCUT2D eigenvalue weighted by atomic mass is 10.0. The molecule has 26 heavy (non-hydrogen) atoms. The second kappa shape index (κ2) is 6.61. The number of amides is 1. The minimum Gasteiger partial charge on any atom is -0.459 e. The van der Waals surface area contributed by atoms with Crippen molar-refractivity contribution in [2.24, 2.45) is 0 Å². The molecule has 0 aliphatic carbocycles. The summed E-state index contributed by atoms with van der Waals surface area (Å²) >= 11 is 1.38. The number of furan rings is 1. The van der Waals surface area contributed by atoms with Gasteiger partial charge in [0.15, 0.2) is 11.2 Å². The second-order valence-electron chi connectivity index (χ2n) is 5.93. The summed E-state index contributed by atoms with van der Waals surface area (Å²) in [6.45, 7) is 1.99. The van der Waals surface area contributed by atoms with E-state index in [4.69, 9.17) is 4.42 Å². The molecule has 0 spiro atoms. The van der Waals surface area contributed by atoms with Crippen LogP contribution in [-0.2, 0) is 0 Å². The molecule has 0 fully saturated rings. The van der Waals surface area contributed by atoms with E-state index in [2.05, 4.69) is 5.32 Å². The van der Waals surface area contributed by atoms with Gasteiger partial charge >= 0.3 is 0 Å². The second-order valence-corrected chi connectivity index (χ2v) is 6.98. The van der Waals surface area contributed by atoms with Crippen LogP contribution in [0, 0.1) is 6.92 Å². The molecule has 2 heterocycles. The van der Waals surface area contributed by atoms with Crippen LogP contribution >= 0.6 is 11.3 Å². The average Bonchev–Trinajstić information content (AvgIpc) is 3.18. The first-order valence-corrected chi connectivity index (χ1v) is 8.93. The van der Waals surface area contributed by atoms with Gasteiger partial charge < -0.3 is 9.73 Å². The van der Waals surface area contributed by atoms with E-state index in [0.29, 0.717) is 16.0 Å². The summed E-state index contributed by atoms with van der Waals surface area (Å²) in [6.07, 6.45) is 1.44. The van der Waals surface area contributed by atoms with E-state index in [1.54, 1.807) is 12.1 Å². The van der Waals surface area contributed by atoms with Gasteiger partial charge in [-0.1, -0.05) is 42.0 Å². The Morgan fingerprint density at radius 2 is 1.77 bits per heavy atom. The molecule has 128 valence electrons. The topological polar surface area (TPSA) is 59.3 Å². The maximum Gasteiger partial charge on any atom is 0.291 e. The molecule has 0 radical (unpaired) electrons. The quantitative estimate of drug-likeness (QED) is 0.553. The Bertz CT molecular complexity index is 1140. The monoisotopic (exact) mass is 361 g/mol. The Morgan fingerprint density at radius 3 is 2.50 bits per heavy atom. The third-order valence-corrected chi connectivity index (χ3v) is 5.20. The van der Waals surface area contributed by atoms with E-state index in [-0.39, 0.29) is 17.1 Å². The first-order valence-electron chi connectivity index (χ1n) is 8.11. The predicted octanol–water partition coefficient (Wildman–Crippen LogP) is 5.08. The van der Waals surface area contributed by atoms with Gasteiger partial charge in [-0.2, -0.15) is 0 Å². The Morgan fingerprint density at radius 1 is 1.00 bits per heavy atom. The van der Waals surface area contributed by atoms with Crippen LogP contribution in [0.2, 0.25) is 0 Å². The van der Waals surface area contributed by atoms with E-state index in [1.165, 1.54) is 17.6 Å². The number of aryl methyl sites for hydroxylation is 1. The Labute approximate surface area is 153 Å². The zero-order valence-corrected chi connectivity index (χ0v) is 14.8. The molecule has 4 rings (SSSR count). The third-order valence-electron chi connectivity index (χ3n) is 4.11. The normalized spacial score (nSPS) is 10.8. The fourth-order valence-electron chi connectivity index (χ4n) is 2.78. The van der Waals surface area contributed by atoms with Crippen molar-refractivity contribution in [1.82, 2.24) is 0 Å². The van der Waals surface area contributed by atoms with Gasteiger partial charge in [0.25, 0.3) is 5.91 Å². The summed E-state index contributed by atoms with van der Waals surface area (Å²) in [7, 11) is 0. The SMILES string of the molecule is Cc1ccc(-c2c(NC(=O)c3ccco3)sc3ccccc3c2=O)cc1.